The van der Waals surface area contributed by atoms with Crippen LogP contribution in [0.3, 0.4) is 0 Å². The third kappa shape index (κ3) is 3.86. The summed E-state index contributed by atoms with van der Waals surface area (Å²) in [4.78, 5) is 12.7. The number of carboxylic acid groups (broad SMARTS) is 1. The van der Waals surface area contributed by atoms with Crippen LogP contribution in [0.15, 0.2) is 0 Å². The molecule has 0 spiro atoms. The Bertz CT molecular complexity index is 178. The van der Waals surface area contributed by atoms with E-state index >= 15 is 0 Å². The van der Waals surface area contributed by atoms with Gasteiger partial charge in [0.15, 0.2) is 0 Å². The number of rotatable bonds is 7. The van der Waals surface area contributed by atoms with Gasteiger partial charge in [-0.3, -0.25) is 9.69 Å². The zero-order valence-corrected chi connectivity index (χ0v) is 9.88. The molecule has 2 unspecified atom stereocenters. The number of carbonyl (C=O) groups is 1. The highest BCUT2D eigenvalue weighted by atomic mass is 32.2. The molecule has 0 saturated carbocycles. The van der Waals surface area contributed by atoms with Crippen LogP contribution in [-0.2, 0) is 4.79 Å². The molecule has 0 bridgehead atoms. The van der Waals surface area contributed by atoms with Gasteiger partial charge in [-0.2, -0.15) is 11.8 Å². The Morgan fingerprint density at radius 2 is 2.21 bits per heavy atom. The lowest BCUT2D eigenvalue weighted by molar-refractivity contribution is -0.143. The van der Waals surface area contributed by atoms with Crippen molar-refractivity contribution < 1.29 is 9.90 Å². The first-order chi connectivity index (χ1) is 6.58. The largest absolute Gasteiger partial charge is 0.480 e. The fourth-order valence-corrected chi connectivity index (χ4v) is 2.27. The van der Waals surface area contributed by atoms with Crippen molar-refractivity contribution in [3.8, 4) is 0 Å². The molecule has 0 saturated heterocycles. The van der Waals surface area contributed by atoms with E-state index in [2.05, 4.69) is 6.92 Å². The fourth-order valence-electron chi connectivity index (χ4n) is 1.41. The summed E-state index contributed by atoms with van der Waals surface area (Å²) >= 11 is 1.73. The van der Waals surface area contributed by atoms with Crippen LogP contribution in [-0.4, -0.2) is 53.7 Å². The molecule has 0 aromatic heterocycles. The minimum atomic E-state index is -0.838. The van der Waals surface area contributed by atoms with Gasteiger partial charge in [-0.1, -0.05) is 6.92 Å². The molecule has 0 aliphatic carbocycles. The molecule has 0 rings (SSSR count). The minimum Gasteiger partial charge on any atom is -0.480 e. The summed E-state index contributed by atoms with van der Waals surface area (Å²) in [5.74, 6) is 0.103. The number of aliphatic carboxylic acids is 1. The zero-order valence-electron chi connectivity index (χ0n) is 9.06. The van der Waals surface area contributed by atoms with E-state index < -0.39 is 12.0 Å². The van der Waals surface area contributed by atoms with Gasteiger partial charge in [0.25, 0.3) is 0 Å². The van der Waals surface area contributed by atoms with Gasteiger partial charge in [-0.25, -0.2) is 0 Å². The molecule has 0 radical (unpaired) electrons. The fraction of sp³-hybridized carbons (Fsp3) is 0.889. The van der Waals surface area contributed by atoms with Crippen LogP contribution >= 0.6 is 11.8 Å². The quantitative estimate of drug-likeness (QED) is 0.653. The average Bonchev–Trinajstić information content (AvgIpc) is 2.14. The number of likely N-dealkylation sites (N-methyl/N-ethyl adjacent to an activating group) is 1. The predicted molar refractivity (Wildman–Crippen MR) is 60.7 cm³/mol. The monoisotopic (exact) mass is 220 g/mol. The smallest absolute Gasteiger partial charge is 0.322 e. The second-order valence-corrected chi connectivity index (χ2v) is 4.18. The van der Waals surface area contributed by atoms with Gasteiger partial charge in [-0.15, -0.1) is 0 Å². The topological polar surface area (TPSA) is 66.6 Å². The van der Waals surface area contributed by atoms with Crippen LogP contribution in [0.4, 0.5) is 0 Å². The minimum absolute atomic E-state index is 0.163. The molecule has 0 aromatic carbocycles. The van der Waals surface area contributed by atoms with Crippen LogP contribution in [0.5, 0.6) is 0 Å². The number of hydrogen-bond acceptors (Lipinski definition) is 4. The van der Waals surface area contributed by atoms with Crippen LogP contribution in [0.25, 0.3) is 0 Å². The normalized spacial score (nSPS) is 15.5. The number of nitrogens with two attached hydrogens (primary N) is 1. The van der Waals surface area contributed by atoms with Crippen molar-refractivity contribution in [2.24, 2.45) is 5.73 Å². The first-order valence-corrected chi connectivity index (χ1v) is 6.11. The summed E-state index contributed by atoms with van der Waals surface area (Å²) in [7, 11) is 1.83. The maximum absolute atomic E-state index is 10.9. The lowest BCUT2D eigenvalue weighted by atomic mass is 10.1. The van der Waals surface area contributed by atoms with Crippen molar-refractivity contribution >= 4 is 17.7 Å². The van der Waals surface area contributed by atoms with Crippen LogP contribution in [0.1, 0.15) is 13.3 Å². The van der Waals surface area contributed by atoms with Crippen molar-refractivity contribution in [2.45, 2.75) is 25.4 Å². The molecule has 0 heterocycles. The van der Waals surface area contributed by atoms with Crippen LogP contribution < -0.4 is 5.73 Å². The van der Waals surface area contributed by atoms with Crippen molar-refractivity contribution in [3.63, 3.8) is 0 Å². The Balaban J connectivity index is 4.36. The molecule has 14 heavy (non-hydrogen) atoms. The number of nitrogens with zero attached hydrogens (tertiary/aromatic N) is 1. The first kappa shape index (κ1) is 13.7. The Hall–Kier alpha value is -0.260. The molecule has 4 nitrogen and oxygen atoms in total. The Kier molecular flexibility index (Phi) is 6.96. The first-order valence-electron chi connectivity index (χ1n) is 4.72. The summed E-state index contributed by atoms with van der Waals surface area (Å²) in [6.07, 6.45) is 2.97. The molecule has 0 aromatic rings. The molecule has 84 valence electrons. The van der Waals surface area contributed by atoms with Gasteiger partial charge in [0.1, 0.15) is 6.04 Å². The van der Waals surface area contributed by atoms with Gasteiger partial charge >= 0.3 is 5.97 Å². The number of carboxylic acids is 1. The lowest BCUT2D eigenvalue weighted by Gasteiger charge is -2.31. The van der Waals surface area contributed by atoms with Crippen molar-refractivity contribution in [1.29, 1.82) is 0 Å². The standard InChI is InChI=1S/C9H20N2O2S/c1-4-7(6-14-3)11(2)8(5-10)9(12)13/h7-8H,4-6,10H2,1-3H3,(H,12,13). The molecule has 0 aliphatic rings. The second kappa shape index (κ2) is 7.09. The Morgan fingerprint density at radius 3 is 2.50 bits per heavy atom. The van der Waals surface area contributed by atoms with Crippen LogP contribution in [0.2, 0.25) is 0 Å². The van der Waals surface area contributed by atoms with E-state index in [1.807, 2.05) is 18.2 Å². The predicted octanol–water partition coefficient (Wildman–Crippen LogP) is 0.472. The molecular weight excluding hydrogens is 200 g/mol. The van der Waals surface area contributed by atoms with E-state index in [0.29, 0.717) is 0 Å². The highest BCUT2D eigenvalue weighted by Crippen LogP contribution is 2.11. The van der Waals surface area contributed by atoms with E-state index in [0.717, 1.165) is 12.2 Å². The molecule has 3 N–H and O–H groups in total. The van der Waals surface area contributed by atoms with Gasteiger partial charge in [0, 0.05) is 18.3 Å². The third-order valence-electron chi connectivity index (χ3n) is 2.41. The molecule has 5 heteroatoms. The number of hydrogen-bond donors (Lipinski definition) is 2. The summed E-state index contributed by atoms with van der Waals surface area (Å²) in [5, 5.41) is 8.93. The molecule has 2 atom stereocenters. The molecular formula is C9H20N2O2S. The van der Waals surface area contributed by atoms with Gasteiger partial charge in [0.05, 0.1) is 0 Å². The summed E-state index contributed by atoms with van der Waals surface area (Å²) in [6.45, 7) is 2.23. The van der Waals surface area contributed by atoms with Crippen molar-refractivity contribution in [3.05, 3.63) is 0 Å². The second-order valence-electron chi connectivity index (χ2n) is 3.27. The van der Waals surface area contributed by atoms with Gasteiger partial charge in [0.2, 0.25) is 0 Å². The number of thioether (sulfide) groups is 1. The summed E-state index contributed by atoms with van der Waals surface area (Å²) in [6, 6.07) is -0.276. The highest BCUT2D eigenvalue weighted by Gasteiger charge is 2.25. The van der Waals surface area contributed by atoms with Crippen LogP contribution in [0, 0.1) is 0 Å². The summed E-state index contributed by atoms with van der Waals surface area (Å²) < 4.78 is 0. The van der Waals surface area contributed by atoms with Gasteiger partial charge < -0.3 is 10.8 Å². The van der Waals surface area contributed by atoms with E-state index in [-0.39, 0.29) is 12.6 Å². The SMILES string of the molecule is CCC(CSC)N(C)C(CN)C(=O)O. The van der Waals surface area contributed by atoms with E-state index in [1.165, 1.54) is 0 Å². The molecule has 0 aliphatic heterocycles. The maximum atomic E-state index is 10.9. The Labute approximate surface area is 89.8 Å². The Morgan fingerprint density at radius 1 is 1.64 bits per heavy atom. The zero-order chi connectivity index (χ0) is 11.1. The lowest BCUT2D eigenvalue weighted by Crippen LogP contribution is -2.49. The van der Waals surface area contributed by atoms with E-state index in [4.69, 9.17) is 10.8 Å². The van der Waals surface area contributed by atoms with Crippen molar-refractivity contribution in [1.82, 2.24) is 4.90 Å². The third-order valence-corrected chi connectivity index (χ3v) is 3.12. The van der Waals surface area contributed by atoms with Crippen molar-refractivity contribution in [2.75, 3.05) is 25.6 Å². The van der Waals surface area contributed by atoms with E-state index in [9.17, 15) is 4.79 Å². The highest BCUT2D eigenvalue weighted by molar-refractivity contribution is 7.98. The molecule has 0 amide bonds. The van der Waals surface area contributed by atoms with Gasteiger partial charge in [-0.05, 0) is 19.7 Å². The van der Waals surface area contributed by atoms with E-state index in [1.54, 1.807) is 11.8 Å². The summed E-state index contributed by atoms with van der Waals surface area (Å²) in [5.41, 5.74) is 5.43. The average molecular weight is 220 g/mol. The molecule has 0 fully saturated rings. The maximum Gasteiger partial charge on any atom is 0.322 e.